The van der Waals surface area contributed by atoms with Crippen molar-refractivity contribution in [3.05, 3.63) is 71.3 Å². The molecule has 0 fully saturated rings. The molecular formula is C17H16N4S2. The van der Waals surface area contributed by atoms with Gasteiger partial charge in [-0.3, -0.25) is 9.97 Å². The first-order valence-corrected chi connectivity index (χ1v) is 8.06. The fourth-order valence-electron chi connectivity index (χ4n) is 2.85. The van der Waals surface area contributed by atoms with Crippen molar-refractivity contribution in [1.29, 1.82) is 0 Å². The van der Waals surface area contributed by atoms with Crippen molar-refractivity contribution in [2.75, 3.05) is 0 Å². The van der Waals surface area contributed by atoms with Gasteiger partial charge in [-0.15, -0.1) is 0 Å². The highest BCUT2D eigenvalue weighted by Crippen LogP contribution is 2.40. The van der Waals surface area contributed by atoms with Crippen LogP contribution in [0.5, 0.6) is 0 Å². The molecule has 1 aliphatic carbocycles. The molecule has 4 nitrogen and oxygen atoms in total. The molecular weight excluding hydrogens is 324 g/mol. The quantitative estimate of drug-likeness (QED) is 0.658. The van der Waals surface area contributed by atoms with Crippen LogP contribution in [0.3, 0.4) is 0 Å². The zero-order valence-corrected chi connectivity index (χ0v) is 14.0. The number of rotatable bonds is 4. The van der Waals surface area contributed by atoms with E-state index < -0.39 is 0 Å². The van der Waals surface area contributed by atoms with Gasteiger partial charge in [0.25, 0.3) is 0 Å². The summed E-state index contributed by atoms with van der Waals surface area (Å²) in [4.78, 5) is 9.75. The van der Waals surface area contributed by atoms with Gasteiger partial charge in [-0.2, -0.15) is 0 Å². The molecule has 2 aromatic heterocycles. The van der Waals surface area contributed by atoms with Crippen LogP contribution >= 0.6 is 24.4 Å². The second kappa shape index (κ2) is 6.52. The normalized spacial score (nSPS) is 19.7. The van der Waals surface area contributed by atoms with Crippen molar-refractivity contribution in [3.8, 4) is 0 Å². The fraction of sp³-hybridized carbons (Fsp3) is 0.176. The standard InChI is InChI=1S/C17H16N4S2/c18-16(22)10-4-6-20-14(8-10)12-2-1-3-13(12)15-9-11(17(19)23)5-7-21-15/h1-2,4-9,12-13H,3H2,(H2,18,22)(H2,19,23). The minimum atomic E-state index is 0.137. The molecule has 0 saturated carbocycles. The second-order valence-corrected chi connectivity index (χ2v) is 6.34. The Hall–Kier alpha value is -2.18. The molecule has 0 bridgehead atoms. The van der Waals surface area contributed by atoms with Crippen LogP contribution in [-0.4, -0.2) is 19.9 Å². The predicted octanol–water partition coefficient (Wildman–Crippen LogP) is 2.57. The number of hydrogen-bond acceptors (Lipinski definition) is 4. The van der Waals surface area contributed by atoms with E-state index in [2.05, 4.69) is 22.1 Å². The molecule has 23 heavy (non-hydrogen) atoms. The first-order valence-electron chi connectivity index (χ1n) is 7.24. The summed E-state index contributed by atoms with van der Waals surface area (Å²) in [5.41, 5.74) is 15.0. The van der Waals surface area contributed by atoms with E-state index in [0.29, 0.717) is 9.98 Å². The maximum atomic E-state index is 5.73. The number of allylic oxidation sites excluding steroid dienone is 2. The van der Waals surface area contributed by atoms with Crippen molar-refractivity contribution in [2.45, 2.75) is 18.3 Å². The van der Waals surface area contributed by atoms with Gasteiger partial charge >= 0.3 is 0 Å². The Morgan fingerprint density at radius 3 is 2.13 bits per heavy atom. The van der Waals surface area contributed by atoms with Crippen LogP contribution < -0.4 is 11.5 Å². The summed E-state index contributed by atoms with van der Waals surface area (Å²) in [5.74, 6) is 0.344. The van der Waals surface area contributed by atoms with Crippen LogP contribution in [0.1, 0.15) is 40.8 Å². The largest absolute Gasteiger partial charge is 0.389 e. The Balaban J connectivity index is 1.95. The van der Waals surface area contributed by atoms with Gasteiger partial charge in [-0.1, -0.05) is 36.6 Å². The van der Waals surface area contributed by atoms with Gasteiger partial charge in [-0.25, -0.2) is 0 Å². The van der Waals surface area contributed by atoms with Crippen LogP contribution in [0.15, 0.2) is 48.8 Å². The van der Waals surface area contributed by atoms with Gasteiger partial charge in [0, 0.05) is 46.7 Å². The Morgan fingerprint density at radius 1 is 0.957 bits per heavy atom. The summed E-state index contributed by atoms with van der Waals surface area (Å²) in [6, 6.07) is 7.57. The zero-order valence-electron chi connectivity index (χ0n) is 12.3. The fourth-order valence-corrected chi connectivity index (χ4v) is 3.10. The predicted molar refractivity (Wildman–Crippen MR) is 99.5 cm³/mol. The van der Waals surface area contributed by atoms with E-state index in [1.807, 2.05) is 24.3 Å². The van der Waals surface area contributed by atoms with E-state index in [-0.39, 0.29) is 11.8 Å². The van der Waals surface area contributed by atoms with Gasteiger partial charge in [0.1, 0.15) is 9.98 Å². The minimum Gasteiger partial charge on any atom is -0.389 e. The third kappa shape index (κ3) is 3.28. The van der Waals surface area contributed by atoms with E-state index in [1.54, 1.807) is 12.4 Å². The molecule has 2 unspecified atom stereocenters. The van der Waals surface area contributed by atoms with Crippen LogP contribution in [0, 0.1) is 0 Å². The van der Waals surface area contributed by atoms with Crippen molar-refractivity contribution in [3.63, 3.8) is 0 Å². The van der Waals surface area contributed by atoms with Crippen molar-refractivity contribution in [2.24, 2.45) is 11.5 Å². The number of nitrogens with two attached hydrogens (primary N) is 2. The number of nitrogens with zero attached hydrogens (tertiary/aromatic N) is 2. The molecule has 1 aliphatic rings. The maximum Gasteiger partial charge on any atom is 0.104 e. The van der Waals surface area contributed by atoms with Crippen molar-refractivity contribution < 1.29 is 0 Å². The smallest absolute Gasteiger partial charge is 0.104 e. The molecule has 0 saturated heterocycles. The summed E-state index contributed by atoms with van der Waals surface area (Å²) < 4.78 is 0. The lowest BCUT2D eigenvalue weighted by molar-refractivity contribution is 0.632. The molecule has 3 rings (SSSR count). The van der Waals surface area contributed by atoms with E-state index >= 15 is 0 Å². The Morgan fingerprint density at radius 2 is 1.52 bits per heavy atom. The third-order valence-corrected chi connectivity index (χ3v) is 4.49. The second-order valence-electron chi connectivity index (χ2n) is 5.46. The number of aromatic nitrogens is 2. The average Bonchev–Trinajstić information content (AvgIpc) is 3.04. The number of thiocarbonyl (C=S) groups is 2. The first kappa shape index (κ1) is 15.7. The molecule has 2 aromatic rings. The highest BCUT2D eigenvalue weighted by atomic mass is 32.1. The molecule has 0 aliphatic heterocycles. The van der Waals surface area contributed by atoms with E-state index in [0.717, 1.165) is 28.9 Å². The number of pyridine rings is 2. The zero-order chi connectivity index (χ0) is 16.4. The third-order valence-electron chi connectivity index (χ3n) is 4.02. The topological polar surface area (TPSA) is 77.8 Å². The molecule has 2 heterocycles. The SMILES string of the molecule is NC(=S)c1ccnc(C2C=CCC2c2cc(C(N)=S)ccn2)c1. The summed E-state index contributed by atoms with van der Waals surface area (Å²) in [6.07, 6.45) is 8.70. The summed E-state index contributed by atoms with van der Waals surface area (Å²) >= 11 is 10.1. The lowest BCUT2D eigenvalue weighted by Gasteiger charge is -2.19. The molecule has 0 aromatic carbocycles. The minimum absolute atomic E-state index is 0.137. The maximum absolute atomic E-state index is 5.73. The van der Waals surface area contributed by atoms with Crippen molar-refractivity contribution in [1.82, 2.24) is 9.97 Å². The molecule has 2 atom stereocenters. The Labute approximate surface area is 145 Å². The van der Waals surface area contributed by atoms with Gasteiger partial charge in [0.05, 0.1) is 0 Å². The van der Waals surface area contributed by atoms with Gasteiger partial charge in [-0.05, 0) is 30.7 Å². The lowest BCUT2D eigenvalue weighted by atomic mass is 9.88. The van der Waals surface area contributed by atoms with Crippen LogP contribution in [0.25, 0.3) is 0 Å². The van der Waals surface area contributed by atoms with Crippen molar-refractivity contribution >= 4 is 34.4 Å². The lowest BCUT2D eigenvalue weighted by Crippen LogP contribution is -2.14. The molecule has 6 heteroatoms. The average molecular weight is 340 g/mol. The van der Waals surface area contributed by atoms with E-state index in [9.17, 15) is 0 Å². The Bertz CT molecular complexity index is 801. The highest BCUT2D eigenvalue weighted by Gasteiger charge is 2.28. The molecule has 0 amide bonds. The summed E-state index contributed by atoms with van der Waals surface area (Å²) in [6.45, 7) is 0. The van der Waals surface area contributed by atoms with Gasteiger partial charge in [0.2, 0.25) is 0 Å². The summed E-state index contributed by atoms with van der Waals surface area (Å²) in [7, 11) is 0. The van der Waals surface area contributed by atoms with Crippen LogP contribution in [-0.2, 0) is 0 Å². The molecule has 0 radical (unpaired) electrons. The first-order chi connectivity index (χ1) is 11.1. The molecule has 4 N–H and O–H groups in total. The summed E-state index contributed by atoms with van der Waals surface area (Å²) in [5, 5.41) is 0. The van der Waals surface area contributed by atoms with E-state index in [4.69, 9.17) is 35.9 Å². The van der Waals surface area contributed by atoms with Crippen LogP contribution in [0.2, 0.25) is 0 Å². The van der Waals surface area contributed by atoms with Crippen LogP contribution in [0.4, 0.5) is 0 Å². The Kier molecular flexibility index (Phi) is 4.45. The number of hydrogen-bond donors (Lipinski definition) is 2. The molecule has 0 spiro atoms. The van der Waals surface area contributed by atoms with Gasteiger partial charge < -0.3 is 11.5 Å². The highest BCUT2D eigenvalue weighted by molar-refractivity contribution is 7.80. The van der Waals surface area contributed by atoms with Gasteiger partial charge in [0.15, 0.2) is 0 Å². The molecule has 116 valence electrons. The van der Waals surface area contributed by atoms with E-state index in [1.165, 1.54) is 0 Å². The monoisotopic (exact) mass is 340 g/mol.